The number of carbonyl (C=O) groups excluding carboxylic acids is 3. The number of halogens is 3. The average Bonchev–Trinajstić information content (AvgIpc) is 3.57. The number of nitrogens with one attached hydrogen (secondary N) is 2. The van der Waals surface area contributed by atoms with Crippen molar-refractivity contribution in [2.24, 2.45) is 11.8 Å². The number of carbonyl (C=O) groups is 3. The second kappa shape index (κ2) is 9.54. The normalized spacial score (nSPS) is 21.4. The molecule has 35 heavy (non-hydrogen) atoms. The van der Waals surface area contributed by atoms with Gasteiger partial charge >= 0.3 is 12.2 Å². The van der Waals surface area contributed by atoms with E-state index >= 15 is 0 Å². The van der Waals surface area contributed by atoms with Crippen LogP contribution < -0.4 is 10.6 Å². The lowest BCUT2D eigenvalue weighted by Crippen LogP contribution is -2.49. The summed E-state index contributed by atoms with van der Waals surface area (Å²) in [7, 11) is 0. The lowest BCUT2D eigenvalue weighted by atomic mass is 9.91. The molecule has 0 radical (unpaired) electrons. The van der Waals surface area contributed by atoms with E-state index in [2.05, 4.69) is 10.6 Å². The van der Waals surface area contributed by atoms with Crippen molar-refractivity contribution in [2.75, 3.05) is 19.6 Å². The van der Waals surface area contributed by atoms with E-state index in [4.69, 9.17) is 0 Å². The quantitative estimate of drug-likeness (QED) is 0.579. The Kier molecular flexibility index (Phi) is 6.83. The number of alkyl halides is 3. The Morgan fingerprint density at radius 1 is 1.20 bits per heavy atom. The zero-order chi connectivity index (χ0) is 25.5. The van der Waals surface area contributed by atoms with Crippen LogP contribution in [-0.4, -0.2) is 53.3 Å². The van der Waals surface area contributed by atoms with E-state index in [1.54, 1.807) is 6.92 Å². The first-order chi connectivity index (χ1) is 16.5. The highest BCUT2D eigenvalue weighted by Crippen LogP contribution is 2.42. The molecule has 2 atom stereocenters. The number of nitrogens with zero attached hydrogens (tertiary/aromatic N) is 2. The molecular weight excluding hydrogens is 461 g/mol. The van der Waals surface area contributed by atoms with Gasteiger partial charge in [0.15, 0.2) is 0 Å². The zero-order valence-electron chi connectivity index (χ0n) is 20.1. The number of likely N-dealkylation sites (N-methyl/N-ethyl adjacent to an activating group) is 1. The van der Waals surface area contributed by atoms with E-state index in [0.717, 1.165) is 18.9 Å². The van der Waals surface area contributed by atoms with Crippen LogP contribution in [0.25, 0.3) is 0 Å². The van der Waals surface area contributed by atoms with Crippen LogP contribution in [0.4, 0.5) is 18.0 Å². The third kappa shape index (κ3) is 5.01. The van der Waals surface area contributed by atoms with Crippen LogP contribution >= 0.6 is 0 Å². The van der Waals surface area contributed by atoms with E-state index in [1.165, 1.54) is 28.0 Å². The molecule has 2 heterocycles. The summed E-state index contributed by atoms with van der Waals surface area (Å²) < 4.78 is 41.4. The Morgan fingerprint density at radius 2 is 1.89 bits per heavy atom. The highest BCUT2D eigenvalue weighted by Gasteiger charge is 2.48. The van der Waals surface area contributed by atoms with Crippen LogP contribution in [-0.2, 0) is 15.8 Å². The predicted molar refractivity (Wildman–Crippen MR) is 123 cm³/mol. The maximum Gasteiger partial charge on any atom is 0.416 e. The van der Waals surface area contributed by atoms with Crippen molar-refractivity contribution in [3.63, 3.8) is 0 Å². The summed E-state index contributed by atoms with van der Waals surface area (Å²) in [5.74, 6) is -0.234. The molecule has 190 valence electrons. The molecule has 4 rings (SSSR count). The fourth-order valence-electron chi connectivity index (χ4n) is 4.85. The van der Waals surface area contributed by atoms with Gasteiger partial charge < -0.3 is 15.5 Å². The topological polar surface area (TPSA) is 81.8 Å². The van der Waals surface area contributed by atoms with E-state index in [-0.39, 0.29) is 36.1 Å². The minimum atomic E-state index is -4.66. The molecular formula is C25H31F3N4O3. The van der Waals surface area contributed by atoms with Gasteiger partial charge in [0.1, 0.15) is 6.04 Å². The first kappa shape index (κ1) is 25.1. The van der Waals surface area contributed by atoms with Gasteiger partial charge in [0.05, 0.1) is 29.4 Å². The van der Waals surface area contributed by atoms with E-state index in [1.807, 2.05) is 13.8 Å². The van der Waals surface area contributed by atoms with Crippen molar-refractivity contribution in [1.29, 1.82) is 0 Å². The van der Waals surface area contributed by atoms with E-state index < -0.39 is 35.8 Å². The highest BCUT2D eigenvalue weighted by molar-refractivity contribution is 6.03. The minimum Gasteiger partial charge on any atom is -0.354 e. The summed E-state index contributed by atoms with van der Waals surface area (Å²) in [6, 6.07) is 2.34. The lowest BCUT2D eigenvalue weighted by molar-refractivity contribution is -0.139. The van der Waals surface area contributed by atoms with Gasteiger partial charge in [0, 0.05) is 13.1 Å². The van der Waals surface area contributed by atoms with Crippen molar-refractivity contribution >= 4 is 17.8 Å². The van der Waals surface area contributed by atoms with Crippen molar-refractivity contribution in [1.82, 2.24) is 20.4 Å². The van der Waals surface area contributed by atoms with Gasteiger partial charge in [-0.1, -0.05) is 32.0 Å². The molecule has 0 aromatic heterocycles. The molecule has 7 nitrogen and oxygen atoms in total. The number of hydrogen-bond acceptors (Lipinski definition) is 3. The third-order valence-corrected chi connectivity index (χ3v) is 6.78. The second-order valence-corrected chi connectivity index (χ2v) is 9.84. The molecule has 0 spiro atoms. The molecule has 1 fully saturated rings. The molecule has 4 amide bonds. The summed E-state index contributed by atoms with van der Waals surface area (Å²) in [5.41, 5.74) is -0.654. The van der Waals surface area contributed by atoms with Crippen LogP contribution in [0.1, 0.15) is 57.2 Å². The number of hydrogen-bond donors (Lipinski definition) is 2. The zero-order valence-corrected chi connectivity index (χ0v) is 20.1. The van der Waals surface area contributed by atoms with Gasteiger partial charge in [-0.3, -0.25) is 14.5 Å². The SMILES string of the molecule is CCN1C(=O)N[C@@H](c2ccccc2C(F)(F)F)C2=C1CN([C@H](CC(C)C)C(=O)NCC1CC1)C2=O. The molecule has 10 heteroatoms. The van der Waals surface area contributed by atoms with Crippen molar-refractivity contribution in [3.05, 3.63) is 46.7 Å². The van der Waals surface area contributed by atoms with E-state index in [0.29, 0.717) is 24.6 Å². The predicted octanol–water partition coefficient (Wildman–Crippen LogP) is 3.83. The molecule has 0 unspecified atom stereocenters. The molecule has 1 aromatic carbocycles. The standard InChI is InChI=1S/C25H31F3N4O3/c1-4-31-19-13-32(18(11-14(2)3)22(33)29-12-15-9-10-15)23(34)20(19)21(30-24(31)35)16-7-5-6-8-17(16)25(26,27)28/h5-8,14-15,18,21H,4,9-13H2,1-3H3,(H,29,33)(H,30,35)/t18-,21+/m1/s1. The van der Waals surface area contributed by atoms with Gasteiger partial charge in [-0.25, -0.2) is 4.79 Å². The molecule has 2 aliphatic heterocycles. The van der Waals surface area contributed by atoms with Crippen LogP contribution in [0.2, 0.25) is 0 Å². The number of rotatable bonds is 8. The Labute approximate surface area is 202 Å². The maximum absolute atomic E-state index is 13.8. The number of amides is 4. The first-order valence-corrected chi connectivity index (χ1v) is 12.1. The summed E-state index contributed by atoms with van der Waals surface area (Å²) >= 11 is 0. The van der Waals surface area contributed by atoms with Crippen molar-refractivity contribution < 1.29 is 27.6 Å². The lowest BCUT2D eigenvalue weighted by Gasteiger charge is -2.33. The summed E-state index contributed by atoms with van der Waals surface area (Å²) in [6.45, 7) is 6.40. The maximum atomic E-state index is 13.8. The van der Waals surface area contributed by atoms with Gasteiger partial charge in [0.2, 0.25) is 5.91 Å². The van der Waals surface area contributed by atoms with E-state index in [9.17, 15) is 27.6 Å². The largest absolute Gasteiger partial charge is 0.416 e. The molecule has 2 N–H and O–H groups in total. The molecule has 1 aliphatic carbocycles. The number of benzene rings is 1. The Hall–Kier alpha value is -3.04. The van der Waals surface area contributed by atoms with Crippen LogP contribution in [0.15, 0.2) is 35.5 Å². The molecule has 3 aliphatic rings. The highest BCUT2D eigenvalue weighted by atomic mass is 19.4. The van der Waals surface area contributed by atoms with Gasteiger partial charge in [-0.15, -0.1) is 0 Å². The van der Waals surface area contributed by atoms with Gasteiger partial charge in [-0.05, 0) is 49.7 Å². The summed E-state index contributed by atoms with van der Waals surface area (Å²) in [4.78, 5) is 42.6. The molecule has 1 saturated carbocycles. The molecule has 0 bridgehead atoms. The smallest absolute Gasteiger partial charge is 0.354 e. The Morgan fingerprint density at radius 3 is 2.49 bits per heavy atom. The summed E-state index contributed by atoms with van der Waals surface area (Å²) in [5, 5.41) is 5.55. The fourth-order valence-corrected chi connectivity index (χ4v) is 4.85. The van der Waals surface area contributed by atoms with Crippen molar-refractivity contribution in [2.45, 2.75) is 58.3 Å². The number of urea groups is 1. The third-order valence-electron chi connectivity index (χ3n) is 6.78. The fraction of sp³-hybridized carbons (Fsp3) is 0.560. The molecule has 0 saturated heterocycles. The second-order valence-electron chi connectivity index (χ2n) is 9.84. The Bertz CT molecular complexity index is 1050. The average molecular weight is 493 g/mol. The summed E-state index contributed by atoms with van der Waals surface area (Å²) in [6.07, 6.45) is -2.13. The molecule has 1 aromatic rings. The minimum absolute atomic E-state index is 0.00561. The van der Waals surface area contributed by atoms with Crippen LogP contribution in [0.3, 0.4) is 0 Å². The van der Waals surface area contributed by atoms with Gasteiger partial charge in [0.25, 0.3) is 5.91 Å². The van der Waals surface area contributed by atoms with Crippen molar-refractivity contribution in [3.8, 4) is 0 Å². The first-order valence-electron chi connectivity index (χ1n) is 12.1. The van der Waals surface area contributed by atoms with Gasteiger partial charge in [-0.2, -0.15) is 13.2 Å². The van der Waals surface area contributed by atoms with Crippen LogP contribution in [0, 0.1) is 11.8 Å². The van der Waals surface area contributed by atoms with Crippen LogP contribution in [0.5, 0.6) is 0 Å². The monoisotopic (exact) mass is 492 g/mol. The Balaban J connectivity index is 1.72.